The van der Waals surface area contributed by atoms with E-state index >= 15 is 0 Å². The molecule has 2 aromatic heterocycles. The molecule has 1 aliphatic heterocycles. The molecular formula is C24H24N3O2S2+. The molecule has 0 aliphatic carbocycles. The van der Waals surface area contributed by atoms with Crippen molar-refractivity contribution in [3.05, 3.63) is 74.0 Å². The zero-order valence-corrected chi connectivity index (χ0v) is 19.4. The highest BCUT2D eigenvalue weighted by Gasteiger charge is 2.26. The second-order valence-corrected chi connectivity index (χ2v) is 9.30. The van der Waals surface area contributed by atoms with Crippen LogP contribution < -0.4 is 24.2 Å². The number of oxazole rings is 1. The number of benzene rings is 2. The molecule has 0 N–H and O–H groups in total. The Balaban J connectivity index is 1.75. The number of fused-ring (bicyclic) bond motifs is 2. The van der Waals surface area contributed by atoms with Crippen LogP contribution in [0.5, 0.6) is 0 Å². The van der Waals surface area contributed by atoms with Crippen molar-refractivity contribution in [1.29, 1.82) is 0 Å². The zero-order valence-electron chi connectivity index (χ0n) is 17.8. The Bertz CT molecular complexity index is 1460. The summed E-state index contributed by atoms with van der Waals surface area (Å²) in [5.74, 6) is 0.762. The lowest BCUT2D eigenvalue weighted by Crippen LogP contribution is -2.36. The van der Waals surface area contributed by atoms with Crippen LogP contribution in [-0.4, -0.2) is 11.1 Å². The molecule has 4 aromatic rings. The molecule has 2 aromatic carbocycles. The lowest BCUT2D eigenvalue weighted by atomic mass is 10.3. The summed E-state index contributed by atoms with van der Waals surface area (Å²) in [6.07, 6.45) is 2.01. The summed E-state index contributed by atoms with van der Waals surface area (Å²) < 4.78 is 11.8. The van der Waals surface area contributed by atoms with Gasteiger partial charge in [-0.1, -0.05) is 36.0 Å². The summed E-state index contributed by atoms with van der Waals surface area (Å²) >= 11 is 3.23. The van der Waals surface area contributed by atoms with Crippen molar-refractivity contribution in [1.82, 2.24) is 4.57 Å². The fourth-order valence-corrected chi connectivity index (χ4v) is 6.57. The zero-order chi connectivity index (χ0) is 21.5. The second kappa shape index (κ2) is 8.05. The van der Waals surface area contributed by atoms with Gasteiger partial charge in [0.05, 0.1) is 11.8 Å². The first-order chi connectivity index (χ1) is 15.2. The summed E-state index contributed by atoms with van der Waals surface area (Å²) in [4.78, 5) is 16.8. The van der Waals surface area contributed by atoms with Gasteiger partial charge in [-0.25, -0.2) is 0 Å². The molecular weight excluding hydrogens is 426 g/mol. The van der Waals surface area contributed by atoms with E-state index in [0.29, 0.717) is 6.54 Å². The summed E-state index contributed by atoms with van der Waals surface area (Å²) in [6, 6.07) is 16.4. The maximum absolute atomic E-state index is 13.4. The molecule has 0 spiro atoms. The monoisotopic (exact) mass is 450 g/mol. The Labute approximate surface area is 188 Å². The van der Waals surface area contributed by atoms with E-state index in [-0.39, 0.29) is 5.56 Å². The average Bonchev–Trinajstić information content (AvgIpc) is 3.43. The van der Waals surface area contributed by atoms with Crippen molar-refractivity contribution < 1.29 is 8.98 Å². The standard InChI is InChI=1S/C24H24N3O2S2/c1-4-25-16-11-7-9-13-18(16)29-20(25)15-21-27(6-3)23(28)22(31-21)24-26(5-2)17-12-8-10-14-19(17)30-24/h7-15H,4-6H2,1-3H3/q+1/b24-22-. The van der Waals surface area contributed by atoms with Gasteiger partial charge in [0.15, 0.2) is 0 Å². The van der Waals surface area contributed by atoms with Gasteiger partial charge in [0.2, 0.25) is 5.58 Å². The van der Waals surface area contributed by atoms with Crippen LogP contribution in [0.4, 0.5) is 5.69 Å². The highest BCUT2D eigenvalue weighted by atomic mass is 32.2. The van der Waals surface area contributed by atoms with Crippen LogP contribution in [0, 0.1) is 0 Å². The SMILES string of the molecule is CCN1/C(=c2/s/c(=C/c3oc4ccccc4[n+]3CC)n(CC)c2=O)Sc2ccccc21. The molecule has 7 heteroatoms. The summed E-state index contributed by atoms with van der Waals surface area (Å²) in [6.45, 7) is 8.48. The minimum atomic E-state index is 0.0617. The molecule has 5 rings (SSSR count). The quantitative estimate of drug-likeness (QED) is 0.446. The average molecular weight is 451 g/mol. The van der Waals surface area contributed by atoms with E-state index in [1.54, 1.807) is 23.1 Å². The first-order valence-electron chi connectivity index (χ1n) is 10.6. The van der Waals surface area contributed by atoms with E-state index < -0.39 is 0 Å². The number of anilines is 1. The fourth-order valence-electron chi connectivity index (χ4n) is 4.08. The third kappa shape index (κ3) is 3.23. The van der Waals surface area contributed by atoms with Crippen LogP contribution in [-0.2, 0) is 13.1 Å². The predicted octanol–water partition coefficient (Wildman–Crippen LogP) is 3.51. The maximum Gasteiger partial charge on any atom is 0.377 e. The molecule has 1 aliphatic rings. The highest BCUT2D eigenvalue weighted by Crippen LogP contribution is 2.45. The maximum atomic E-state index is 13.4. The van der Waals surface area contributed by atoms with Gasteiger partial charge >= 0.3 is 5.89 Å². The van der Waals surface area contributed by atoms with Crippen molar-refractivity contribution >= 4 is 51.0 Å². The van der Waals surface area contributed by atoms with E-state index in [9.17, 15) is 4.79 Å². The van der Waals surface area contributed by atoms with Crippen molar-refractivity contribution in [2.45, 2.75) is 38.8 Å². The topological polar surface area (TPSA) is 42.3 Å². The molecule has 158 valence electrons. The van der Waals surface area contributed by atoms with Crippen molar-refractivity contribution in [2.24, 2.45) is 0 Å². The van der Waals surface area contributed by atoms with Gasteiger partial charge < -0.3 is 9.32 Å². The van der Waals surface area contributed by atoms with E-state index in [0.717, 1.165) is 44.3 Å². The van der Waals surface area contributed by atoms with Gasteiger partial charge in [-0.05, 0) is 39.0 Å². The molecule has 0 amide bonds. The van der Waals surface area contributed by atoms with E-state index in [1.807, 2.05) is 47.9 Å². The molecule has 0 radical (unpaired) electrons. The van der Waals surface area contributed by atoms with Gasteiger partial charge in [-0.15, -0.1) is 11.3 Å². The molecule has 0 saturated heterocycles. The van der Waals surface area contributed by atoms with Gasteiger partial charge in [0.25, 0.3) is 11.1 Å². The number of hydrogen-bond donors (Lipinski definition) is 0. The number of thiazole rings is 1. The number of para-hydroxylation sites is 3. The lowest BCUT2D eigenvalue weighted by molar-refractivity contribution is -0.674. The molecule has 5 nitrogen and oxygen atoms in total. The van der Waals surface area contributed by atoms with Crippen LogP contribution in [0.25, 0.3) is 22.2 Å². The van der Waals surface area contributed by atoms with Gasteiger partial charge in [0, 0.05) is 24.1 Å². The van der Waals surface area contributed by atoms with Crippen molar-refractivity contribution in [2.75, 3.05) is 11.4 Å². The molecule has 31 heavy (non-hydrogen) atoms. The second-order valence-electron chi connectivity index (χ2n) is 7.23. The number of hydrogen-bond acceptors (Lipinski definition) is 5. The van der Waals surface area contributed by atoms with E-state index in [2.05, 4.69) is 41.5 Å². The lowest BCUT2D eigenvalue weighted by Gasteiger charge is -2.16. The Morgan fingerprint density at radius 3 is 2.58 bits per heavy atom. The van der Waals surface area contributed by atoms with Crippen LogP contribution in [0.3, 0.4) is 0 Å². The van der Waals surface area contributed by atoms with Crippen LogP contribution in [0.2, 0.25) is 0 Å². The molecule has 0 saturated carbocycles. The molecule has 0 unspecified atom stereocenters. The van der Waals surface area contributed by atoms with E-state index in [4.69, 9.17) is 4.42 Å². The smallest absolute Gasteiger partial charge is 0.377 e. The minimum absolute atomic E-state index is 0.0617. The largest absolute Gasteiger partial charge is 0.398 e. The molecule has 3 heterocycles. The van der Waals surface area contributed by atoms with E-state index in [1.165, 1.54) is 10.6 Å². The van der Waals surface area contributed by atoms with Crippen molar-refractivity contribution in [3.63, 3.8) is 0 Å². The summed E-state index contributed by atoms with van der Waals surface area (Å²) in [7, 11) is 0. The van der Waals surface area contributed by atoms with Crippen LogP contribution >= 0.6 is 23.1 Å². The third-order valence-corrected chi connectivity index (χ3v) is 7.98. The van der Waals surface area contributed by atoms with Gasteiger partial charge in [-0.2, -0.15) is 4.57 Å². The normalized spacial score (nSPS) is 15.8. The minimum Gasteiger partial charge on any atom is -0.398 e. The molecule has 0 bridgehead atoms. The number of nitrogens with zero attached hydrogens (tertiary/aromatic N) is 3. The summed E-state index contributed by atoms with van der Waals surface area (Å²) in [5, 5.41) is 1.02. The Morgan fingerprint density at radius 1 is 1.03 bits per heavy atom. The number of aryl methyl sites for hydroxylation is 1. The Morgan fingerprint density at radius 2 is 1.81 bits per heavy atom. The first kappa shape index (κ1) is 20.2. The van der Waals surface area contributed by atoms with Crippen LogP contribution in [0.1, 0.15) is 26.7 Å². The first-order valence-corrected chi connectivity index (χ1v) is 12.2. The molecule has 0 atom stereocenters. The highest BCUT2D eigenvalue weighted by molar-refractivity contribution is 8.08. The van der Waals surface area contributed by atoms with Gasteiger partial charge in [-0.3, -0.25) is 9.36 Å². The Kier molecular flexibility index (Phi) is 5.24. The van der Waals surface area contributed by atoms with Crippen molar-refractivity contribution in [3.8, 4) is 0 Å². The number of thioether (sulfide) groups is 1. The Hall–Kier alpha value is -2.77. The van der Waals surface area contributed by atoms with Crippen LogP contribution in [0.15, 0.2) is 62.6 Å². The summed E-state index contributed by atoms with van der Waals surface area (Å²) in [5.41, 5.74) is 3.15. The number of rotatable bonds is 4. The molecule has 0 fully saturated rings. The van der Waals surface area contributed by atoms with Gasteiger partial charge in [0.1, 0.15) is 20.8 Å². The third-order valence-electron chi connectivity index (χ3n) is 5.55. The number of aromatic nitrogens is 2. The predicted molar refractivity (Wildman–Crippen MR) is 128 cm³/mol. The fraction of sp³-hybridized carbons (Fsp3) is 0.250.